The van der Waals surface area contributed by atoms with Gasteiger partial charge in [-0.15, -0.1) is 0 Å². The Kier molecular flexibility index (Phi) is 6.24. The predicted octanol–water partition coefficient (Wildman–Crippen LogP) is 4.31. The van der Waals surface area contributed by atoms with Crippen LogP contribution in [0.3, 0.4) is 0 Å². The summed E-state index contributed by atoms with van der Waals surface area (Å²) >= 11 is 0. The van der Waals surface area contributed by atoms with Gasteiger partial charge in [-0.3, -0.25) is 4.79 Å². The van der Waals surface area contributed by atoms with E-state index in [2.05, 4.69) is 66.1 Å². The fourth-order valence-corrected chi connectivity index (χ4v) is 3.50. The van der Waals surface area contributed by atoms with Crippen molar-refractivity contribution >= 4 is 5.91 Å². The highest BCUT2D eigenvalue weighted by molar-refractivity contribution is 5.76. The number of benzene rings is 2. The molecule has 0 aliphatic carbocycles. The van der Waals surface area contributed by atoms with E-state index >= 15 is 0 Å². The molecule has 0 spiro atoms. The number of carbonyl (C=O) groups excluding carboxylic acids is 1. The van der Waals surface area contributed by atoms with E-state index in [0.717, 1.165) is 25.1 Å². The van der Waals surface area contributed by atoms with E-state index in [9.17, 15) is 4.79 Å². The van der Waals surface area contributed by atoms with Gasteiger partial charge >= 0.3 is 0 Å². The quantitative estimate of drug-likeness (QED) is 0.825. The molecule has 0 bridgehead atoms. The molecular formula is C22H28N2O. The lowest BCUT2D eigenvalue weighted by molar-refractivity contribution is -0.122. The molecular weight excluding hydrogens is 308 g/mol. The van der Waals surface area contributed by atoms with Crippen LogP contribution >= 0.6 is 0 Å². The van der Waals surface area contributed by atoms with Crippen LogP contribution in [0.25, 0.3) is 11.1 Å². The Morgan fingerprint density at radius 3 is 2.36 bits per heavy atom. The van der Waals surface area contributed by atoms with Gasteiger partial charge in [0.15, 0.2) is 0 Å². The first-order valence-electron chi connectivity index (χ1n) is 9.38. The van der Waals surface area contributed by atoms with Crippen LogP contribution in [0.4, 0.5) is 0 Å². The molecule has 2 N–H and O–H groups in total. The van der Waals surface area contributed by atoms with E-state index in [1.165, 1.54) is 24.0 Å². The molecule has 0 aromatic heterocycles. The molecule has 1 unspecified atom stereocenters. The van der Waals surface area contributed by atoms with Crippen molar-refractivity contribution in [3.05, 3.63) is 60.2 Å². The first kappa shape index (κ1) is 17.7. The largest absolute Gasteiger partial charge is 0.350 e. The lowest BCUT2D eigenvalue weighted by atomic mass is 9.93. The summed E-state index contributed by atoms with van der Waals surface area (Å²) in [6.07, 6.45) is 4.04. The van der Waals surface area contributed by atoms with Crippen molar-refractivity contribution in [1.29, 1.82) is 0 Å². The molecule has 25 heavy (non-hydrogen) atoms. The number of rotatable bonds is 6. The van der Waals surface area contributed by atoms with Gasteiger partial charge in [0.05, 0.1) is 6.04 Å². The third-order valence-electron chi connectivity index (χ3n) is 5.13. The van der Waals surface area contributed by atoms with Crippen LogP contribution in [0, 0.1) is 5.92 Å². The number of hydrogen-bond donors (Lipinski definition) is 2. The molecule has 1 atom stereocenters. The zero-order valence-electron chi connectivity index (χ0n) is 15.0. The van der Waals surface area contributed by atoms with E-state index in [1.54, 1.807) is 0 Å². The average Bonchev–Trinajstić information content (AvgIpc) is 2.68. The van der Waals surface area contributed by atoms with Crippen molar-refractivity contribution in [2.24, 2.45) is 5.92 Å². The highest BCUT2D eigenvalue weighted by Crippen LogP contribution is 2.22. The monoisotopic (exact) mass is 336 g/mol. The van der Waals surface area contributed by atoms with Gasteiger partial charge in [0.2, 0.25) is 5.91 Å². The molecule has 1 heterocycles. The van der Waals surface area contributed by atoms with Gasteiger partial charge in [-0.25, -0.2) is 0 Å². The average molecular weight is 336 g/mol. The van der Waals surface area contributed by atoms with Crippen LogP contribution in [0.5, 0.6) is 0 Å². The summed E-state index contributed by atoms with van der Waals surface area (Å²) in [7, 11) is 0. The Morgan fingerprint density at radius 2 is 1.68 bits per heavy atom. The number of carbonyl (C=O) groups is 1. The second-order valence-corrected chi connectivity index (χ2v) is 7.01. The Bertz CT molecular complexity index is 660. The lowest BCUT2D eigenvalue weighted by Gasteiger charge is -2.22. The Hall–Kier alpha value is -2.13. The summed E-state index contributed by atoms with van der Waals surface area (Å²) in [5.41, 5.74) is 3.57. The van der Waals surface area contributed by atoms with Crippen LogP contribution in [-0.2, 0) is 4.79 Å². The molecule has 1 aliphatic rings. The van der Waals surface area contributed by atoms with E-state index < -0.39 is 0 Å². The van der Waals surface area contributed by atoms with Crippen molar-refractivity contribution in [2.75, 3.05) is 13.1 Å². The van der Waals surface area contributed by atoms with Gasteiger partial charge in [0.25, 0.3) is 0 Å². The first-order chi connectivity index (χ1) is 12.2. The minimum Gasteiger partial charge on any atom is -0.350 e. The number of nitrogens with one attached hydrogen (secondary N) is 2. The Balaban J connectivity index is 1.50. The number of hydrogen-bond acceptors (Lipinski definition) is 2. The third kappa shape index (κ3) is 5.17. The summed E-state index contributed by atoms with van der Waals surface area (Å²) in [4.78, 5) is 12.2. The van der Waals surface area contributed by atoms with E-state index in [-0.39, 0.29) is 11.9 Å². The van der Waals surface area contributed by atoms with E-state index in [4.69, 9.17) is 0 Å². The zero-order valence-corrected chi connectivity index (χ0v) is 15.0. The maximum absolute atomic E-state index is 12.2. The Morgan fingerprint density at radius 1 is 1.04 bits per heavy atom. The summed E-state index contributed by atoms with van der Waals surface area (Å²) in [6.45, 7) is 4.24. The van der Waals surface area contributed by atoms with Gasteiger partial charge in [0.1, 0.15) is 0 Å². The van der Waals surface area contributed by atoms with Gasteiger partial charge < -0.3 is 10.6 Å². The van der Waals surface area contributed by atoms with Crippen LogP contribution in [0.2, 0.25) is 0 Å². The first-order valence-corrected chi connectivity index (χ1v) is 9.38. The minimum absolute atomic E-state index is 0.0466. The maximum atomic E-state index is 12.2. The summed E-state index contributed by atoms with van der Waals surface area (Å²) in [6, 6.07) is 18.9. The molecule has 0 saturated carbocycles. The molecule has 1 fully saturated rings. The molecule has 2 aromatic carbocycles. The van der Waals surface area contributed by atoms with Crippen molar-refractivity contribution in [2.45, 2.75) is 38.6 Å². The second-order valence-electron chi connectivity index (χ2n) is 7.01. The second kappa shape index (κ2) is 8.82. The predicted molar refractivity (Wildman–Crippen MR) is 103 cm³/mol. The van der Waals surface area contributed by atoms with Crippen LogP contribution in [-0.4, -0.2) is 19.0 Å². The van der Waals surface area contributed by atoms with Crippen molar-refractivity contribution in [1.82, 2.24) is 10.6 Å². The SMILES string of the molecule is CC(NC(=O)CCC1CCNCC1)c1ccc(-c2ccccc2)cc1. The molecule has 1 amide bonds. The topological polar surface area (TPSA) is 41.1 Å². The molecule has 2 aromatic rings. The molecule has 3 nitrogen and oxygen atoms in total. The summed E-state index contributed by atoms with van der Waals surface area (Å²) in [5.74, 6) is 0.866. The lowest BCUT2D eigenvalue weighted by Crippen LogP contribution is -2.30. The van der Waals surface area contributed by atoms with E-state index in [1.807, 2.05) is 6.07 Å². The number of amides is 1. The molecule has 1 saturated heterocycles. The van der Waals surface area contributed by atoms with Crippen LogP contribution in [0.15, 0.2) is 54.6 Å². The van der Waals surface area contributed by atoms with Gasteiger partial charge in [-0.05, 0) is 61.9 Å². The standard InChI is InChI=1S/C22H28N2O/c1-17(24-22(25)12-7-18-13-15-23-16-14-18)19-8-10-21(11-9-19)20-5-3-2-4-6-20/h2-6,8-11,17-18,23H,7,12-16H2,1H3,(H,24,25). The fourth-order valence-electron chi connectivity index (χ4n) is 3.50. The molecule has 132 valence electrons. The fraction of sp³-hybridized carbons (Fsp3) is 0.409. The number of piperidine rings is 1. The smallest absolute Gasteiger partial charge is 0.220 e. The van der Waals surface area contributed by atoms with E-state index in [0.29, 0.717) is 12.3 Å². The molecule has 0 radical (unpaired) electrons. The summed E-state index contributed by atoms with van der Waals surface area (Å²) < 4.78 is 0. The molecule has 3 heteroatoms. The third-order valence-corrected chi connectivity index (χ3v) is 5.13. The van der Waals surface area contributed by atoms with Gasteiger partial charge in [-0.1, -0.05) is 54.6 Å². The van der Waals surface area contributed by atoms with Gasteiger partial charge in [-0.2, -0.15) is 0 Å². The highest BCUT2D eigenvalue weighted by atomic mass is 16.1. The summed E-state index contributed by atoms with van der Waals surface area (Å²) in [5, 5.41) is 6.51. The Labute approximate surface area is 150 Å². The van der Waals surface area contributed by atoms with Crippen molar-refractivity contribution < 1.29 is 4.79 Å². The normalized spacial score (nSPS) is 16.4. The van der Waals surface area contributed by atoms with Crippen LogP contribution < -0.4 is 10.6 Å². The van der Waals surface area contributed by atoms with Crippen molar-refractivity contribution in [3.63, 3.8) is 0 Å². The van der Waals surface area contributed by atoms with Crippen LogP contribution in [0.1, 0.15) is 44.2 Å². The minimum atomic E-state index is 0.0466. The van der Waals surface area contributed by atoms with Crippen molar-refractivity contribution in [3.8, 4) is 11.1 Å². The molecule has 1 aliphatic heterocycles. The maximum Gasteiger partial charge on any atom is 0.220 e. The highest BCUT2D eigenvalue weighted by Gasteiger charge is 2.15. The van der Waals surface area contributed by atoms with Gasteiger partial charge in [0, 0.05) is 6.42 Å². The zero-order chi connectivity index (χ0) is 17.5. The molecule has 3 rings (SSSR count).